The molecule has 23 heavy (non-hydrogen) atoms. The van der Waals surface area contributed by atoms with Crippen molar-refractivity contribution in [3.8, 4) is 0 Å². The van der Waals surface area contributed by atoms with Crippen LogP contribution in [0, 0.1) is 16.7 Å². The molecule has 3 heteroatoms. The first kappa shape index (κ1) is 16.9. The van der Waals surface area contributed by atoms with Crippen molar-refractivity contribution in [1.29, 1.82) is 0 Å². The van der Waals surface area contributed by atoms with E-state index in [1.165, 1.54) is 5.57 Å². The summed E-state index contributed by atoms with van der Waals surface area (Å²) in [6.45, 7) is 10.8. The Morgan fingerprint density at radius 3 is 2.65 bits per heavy atom. The van der Waals surface area contributed by atoms with Gasteiger partial charge in [-0.25, -0.2) is 0 Å². The second-order valence-corrected chi connectivity index (χ2v) is 8.18. The highest BCUT2D eigenvalue weighted by Crippen LogP contribution is 2.56. The molecule has 3 nitrogen and oxygen atoms in total. The first-order valence-corrected chi connectivity index (χ1v) is 8.91. The number of hydrogen-bond donors (Lipinski definition) is 0. The average molecular weight is 318 g/mol. The highest BCUT2D eigenvalue weighted by Gasteiger charge is 2.53. The third-order valence-corrected chi connectivity index (χ3v) is 6.75. The van der Waals surface area contributed by atoms with Crippen molar-refractivity contribution < 1.29 is 14.3 Å². The van der Waals surface area contributed by atoms with Crippen molar-refractivity contribution in [1.82, 2.24) is 0 Å². The van der Waals surface area contributed by atoms with Gasteiger partial charge in [0.15, 0.2) is 12.1 Å². The first-order valence-electron chi connectivity index (χ1n) is 8.91. The second kappa shape index (κ2) is 5.86. The van der Waals surface area contributed by atoms with E-state index in [1.807, 2.05) is 6.08 Å². The molecule has 3 aliphatic rings. The lowest BCUT2D eigenvalue weighted by molar-refractivity contribution is -0.231. The maximum absolute atomic E-state index is 12.6. The summed E-state index contributed by atoms with van der Waals surface area (Å²) in [5, 5.41) is 0. The number of Topliss-reactive ketones (excluding diaryl/α,β-unsaturated/α-hetero) is 1. The summed E-state index contributed by atoms with van der Waals surface area (Å²) in [5.74, 6) is 0.787. The Morgan fingerprint density at radius 2 is 2.00 bits per heavy atom. The van der Waals surface area contributed by atoms with E-state index < -0.39 is 0 Å². The molecule has 1 heterocycles. The van der Waals surface area contributed by atoms with Crippen LogP contribution in [0.25, 0.3) is 0 Å². The van der Waals surface area contributed by atoms with Crippen molar-refractivity contribution in [2.24, 2.45) is 16.7 Å². The molecule has 1 fully saturated rings. The summed E-state index contributed by atoms with van der Waals surface area (Å²) in [4.78, 5) is 12.6. The van der Waals surface area contributed by atoms with Crippen LogP contribution in [0.1, 0.15) is 59.3 Å². The Balaban J connectivity index is 2.01. The molecule has 1 saturated heterocycles. The summed E-state index contributed by atoms with van der Waals surface area (Å²) in [5.41, 5.74) is 2.26. The van der Waals surface area contributed by atoms with Gasteiger partial charge >= 0.3 is 0 Å². The topological polar surface area (TPSA) is 35.5 Å². The zero-order valence-electron chi connectivity index (χ0n) is 15.0. The van der Waals surface area contributed by atoms with E-state index in [0.29, 0.717) is 18.1 Å². The maximum Gasteiger partial charge on any atom is 0.159 e. The van der Waals surface area contributed by atoms with Crippen LogP contribution in [0.15, 0.2) is 23.8 Å². The Labute approximate surface area is 140 Å². The smallest absolute Gasteiger partial charge is 0.159 e. The van der Waals surface area contributed by atoms with E-state index in [-0.39, 0.29) is 23.2 Å². The molecule has 0 bridgehead atoms. The number of methoxy groups -OCH3 is 1. The maximum atomic E-state index is 12.6. The lowest BCUT2D eigenvalue weighted by Gasteiger charge is -2.52. The van der Waals surface area contributed by atoms with Gasteiger partial charge in [-0.05, 0) is 37.0 Å². The molecule has 0 spiro atoms. The average Bonchev–Trinajstić information content (AvgIpc) is 2.92. The quantitative estimate of drug-likeness (QED) is 0.722. The van der Waals surface area contributed by atoms with Crippen molar-refractivity contribution >= 4 is 5.78 Å². The monoisotopic (exact) mass is 318 g/mol. The first-order chi connectivity index (χ1) is 10.8. The zero-order chi connectivity index (χ0) is 16.8. The molecule has 0 radical (unpaired) electrons. The van der Waals surface area contributed by atoms with Crippen molar-refractivity contribution in [2.45, 2.75) is 71.7 Å². The van der Waals surface area contributed by atoms with Gasteiger partial charge in [-0.3, -0.25) is 4.79 Å². The minimum atomic E-state index is -0.219. The summed E-state index contributed by atoms with van der Waals surface area (Å²) in [6.07, 6.45) is 7.42. The normalized spacial score (nSPS) is 44.3. The zero-order valence-corrected chi connectivity index (χ0v) is 15.0. The fourth-order valence-corrected chi connectivity index (χ4v) is 4.88. The minimum absolute atomic E-state index is 0.00606. The Hall–Kier alpha value is -0.930. The number of carbonyl (C=O) groups excluding carboxylic acids is 1. The fourth-order valence-electron chi connectivity index (χ4n) is 4.88. The molecule has 1 aliphatic heterocycles. The minimum Gasteiger partial charge on any atom is -0.356 e. The predicted molar refractivity (Wildman–Crippen MR) is 91.0 cm³/mol. The van der Waals surface area contributed by atoms with E-state index >= 15 is 0 Å². The second-order valence-electron chi connectivity index (χ2n) is 8.18. The molecule has 0 aromatic rings. The number of rotatable bonds is 3. The van der Waals surface area contributed by atoms with Gasteiger partial charge in [0.25, 0.3) is 0 Å². The summed E-state index contributed by atoms with van der Waals surface area (Å²) in [6, 6.07) is 0. The molecule has 0 N–H and O–H groups in total. The number of ketones is 1. The number of hydrogen-bond acceptors (Lipinski definition) is 3. The van der Waals surface area contributed by atoms with Crippen LogP contribution in [0.2, 0.25) is 0 Å². The molecule has 128 valence electrons. The standard InChI is InChI=1S/C20H30O3/c1-6-19(3)11-16(23-17(12-19)22-5)20(4)13(2)7-8-14-9-10-15(21)18(14)20/h6,13,16-17H,1,7-12H2,2-5H3/t13-,16-,17-,19-,20+/m1/s1. The highest BCUT2D eigenvalue weighted by atomic mass is 16.7. The van der Waals surface area contributed by atoms with E-state index in [2.05, 4.69) is 27.4 Å². The SMILES string of the molecule is C=C[C@@]1(C)C[C@H](OC)O[C@@H]([C@@]2(C)C3=C(CCC3=O)CC[C@H]2C)C1. The third-order valence-electron chi connectivity index (χ3n) is 6.75. The van der Waals surface area contributed by atoms with Crippen molar-refractivity contribution in [2.75, 3.05) is 7.11 Å². The van der Waals surface area contributed by atoms with E-state index in [0.717, 1.165) is 37.7 Å². The third kappa shape index (κ3) is 2.62. The lowest BCUT2D eigenvalue weighted by atomic mass is 9.59. The van der Waals surface area contributed by atoms with Crippen LogP contribution in [0.4, 0.5) is 0 Å². The van der Waals surface area contributed by atoms with Crippen LogP contribution in [-0.4, -0.2) is 25.3 Å². The van der Waals surface area contributed by atoms with Gasteiger partial charge in [-0.15, -0.1) is 6.58 Å². The van der Waals surface area contributed by atoms with Crippen LogP contribution in [-0.2, 0) is 14.3 Å². The van der Waals surface area contributed by atoms with Crippen LogP contribution in [0.3, 0.4) is 0 Å². The molecule has 5 atom stereocenters. The van der Waals surface area contributed by atoms with Crippen LogP contribution < -0.4 is 0 Å². The highest BCUT2D eigenvalue weighted by molar-refractivity contribution is 6.00. The molecule has 0 aromatic carbocycles. The van der Waals surface area contributed by atoms with Gasteiger partial charge in [0, 0.05) is 30.9 Å². The van der Waals surface area contributed by atoms with Gasteiger partial charge in [0.2, 0.25) is 0 Å². The molecule has 0 amide bonds. The summed E-state index contributed by atoms with van der Waals surface area (Å²) >= 11 is 0. The molecule has 0 saturated carbocycles. The lowest BCUT2D eigenvalue weighted by Crippen LogP contribution is -2.51. The predicted octanol–water partition coefficient (Wildman–Crippen LogP) is 4.43. The van der Waals surface area contributed by atoms with Gasteiger partial charge in [-0.1, -0.05) is 32.4 Å². The van der Waals surface area contributed by atoms with Gasteiger partial charge < -0.3 is 9.47 Å². The number of carbonyl (C=O) groups is 1. The van der Waals surface area contributed by atoms with Gasteiger partial charge in [0.05, 0.1) is 6.10 Å². The molecule has 0 unspecified atom stereocenters. The van der Waals surface area contributed by atoms with Gasteiger partial charge in [-0.2, -0.15) is 0 Å². The molecule has 2 aliphatic carbocycles. The molecule has 3 rings (SSSR count). The molecular formula is C20H30O3. The Morgan fingerprint density at radius 1 is 1.26 bits per heavy atom. The largest absolute Gasteiger partial charge is 0.356 e. The van der Waals surface area contributed by atoms with E-state index in [1.54, 1.807) is 7.11 Å². The Kier molecular flexibility index (Phi) is 4.31. The van der Waals surface area contributed by atoms with Gasteiger partial charge in [0.1, 0.15) is 0 Å². The molecular weight excluding hydrogens is 288 g/mol. The van der Waals surface area contributed by atoms with Crippen LogP contribution in [0.5, 0.6) is 0 Å². The number of allylic oxidation sites excluding steroid dienone is 2. The van der Waals surface area contributed by atoms with Crippen LogP contribution >= 0.6 is 0 Å². The van der Waals surface area contributed by atoms with Crippen molar-refractivity contribution in [3.63, 3.8) is 0 Å². The molecule has 0 aromatic heterocycles. The summed E-state index contributed by atoms with van der Waals surface area (Å²) < 4.78 is 11.9. The number of ether oxygens (including phenoxy) is 2. The van der Waals surface area contributed by atoms with E-state index in [4.69, 9.17) is 9.47 Å². The summed E-state index contributed by atoms with van der Waals surface area (Å²) in [7, 11) is 1.70. The van der Waals surface area contributed by atoms with Crippen molar-refractivity contribution in [3.05, 3.63) is 23.8 Å². The van der Waals surface area contributed by atoms with E-state index in [9.17, 15) is 4.79 Å². The fraction of sp³-hybridized carbons (Fsp3) is 0.750. The Bertz CT molecular complexity index is 549.